The molecule has 1 fully saturated rings. The molecular weight excluding hydrogens is 317 g/mol. The highest BCUT2D eigenvalue weighted by Gasteiger charge is 2.21. The zero-order valence-corrected chi connectivity index (χ0v) is 12.6. The molecule has 0 aromatic rings. The van der Waals surface area contributed by atoms with Crippen LogP contribution in [0.4, 0.5) is 0 Å². The van der Waals surface area contributed by atoms with Gasteiger partial charge < -0.3 is 15.8 Å². The molecule has 0 unspecified atom stereocenters. The second-order valence-electron chi connectivity index (χ2n) is 4.31. The standard InChI is InChI=1S/C11H23N3O.HI/c1-9(2)15-8-4-3-7-13-11(12)14-10-5-6-10;/h9-10H,3-8H2,1-2H3,(H3,12,13,14);1H. The van der Waals surface area contributed by atoms with Crippen LogP contribution in [0.5, 0.6) is 0 Å². The van der Waals surface area contributed by atoms with Gasteiger partial charge in [-0.2, -0.15) is 0 Å². The Morgan fingerprint density at radius 2 is 2.12 bits per heavy atom. The SMILES string of the molecule is CC(C)OCCCCN=C(N)NC1CC1.I. The van der Waals surface area contributed by atoms with Crippen LogP contribution in [-0.4, -0.2) is 31.3 Å². The molecule has 0 bridgehead atoms. The second kappa shape index (κ2) is 9.04. The average molecular weight is 341 g/mol. The quantitative estimate of drug-likeness (QED) is 0.322. The minimum atomic E-state index is 0. The van der Waals surface area contributed by atoms with Crippen LogP contribution < -0.4 is 11.1 Å². The van der Waals surface area contributed by atoms with Crippen LogP contribution in [0, 0.1) is 0 Å². The molecule has 0 atom stereocenters. The monoisotopic (exact) mass is 341 g/mol. The Labute approximate surface area is 115 Å². The van der Waals surface area contributed by atoms with E-state index in [0.29, 0.717) is 18.1 Å². The summed E-state index contributed by atoms with van der Waals surface area (Å²) in [7, 11) is 0. The first-order valence-electron chi connectivity index (χ1n) is 5.86. The minimum Gasteiger partial charge on any atom is -0.379 e. The van der Waals surface area contributed by atoms with Crippen LogP contribution in [0.3, 0.4) is 0 Å². The van der Waals surface area contributed by atoms with Crippen LogP contribution >= 0.6 is 24.0 Å². The summed E-state index contributed by atoms with van der Waals surface area (Å²) < 4.78 is 5.43. The smallest absolute Gasteiger partial charge is 0.188 e. The topological polar surface area (TPSA) is 59.6 Å². The summed E-state index contributed by atoms with van der Waals surface area (Å²) in [5.74, 6) is 0.599. The molecule has 16 heavy (non-hydrogen) atoms. The predicted octanol–water partition coefficient (Wildman–Crippen LogP) is 1.88. The van der Waals surface area contributed by atoms with E-state index in [9.17, 15) is 0 Å². The third-order valence-corrected chi connectivity index (χ3v) is 2.22. The number of nitrogens with zero attached hydrogens (tertiary/aromatic N) is 1. The summed E-state index contributed by atoms with van der Waals surface area (Å²) >= 11 is 0. The molecule has 5 heteroatoms. The highest BCUT2D eigenvalue weighted by molar-refractivity contribution is 14.0. The molecule has 0 saturated heterocycles. The number of guanidine groups is 1. The van der Waals surface area contributed by atoms with Crippen LogP contribution in [0.1, 0.15) is 39.5 Å². The number of hydrogen-bond acceptors (Lipinski definition) is 2. The summed E-state index contributed by atoms with van der Waals surface area (Å²) in [4.78, 5) is 4.25. The first-order chi connectivity index (χ1) is 7.18. The largest absolute Gasteiger partial charge is 0.379 e. The van der Waals surface area contributed by atoms with Gasteiger partial charge in [0.05, 0.1) is 6.10 Å². The average Bonchev–Trinajstić information content (AvgIpc) is 2.94. The molecule has 1 aliphatic rings. The van der Waals surface area contributed by atoms with Crippen molar-refractivity contribution in [1.82, 2.24) is 5.32 Å². The second-order valence-corrected chi connectivity index (χ2v) is 4.31. The summed E-state index contributed by atoms with van der Waals surface area (Å²) in [5, 5.41) is 3.16. The van der Waals surface area contributed by atoms with Crippen molar-refractivity contribution in [3.63, 3.8) is 0 Å². The van der Waals surface area contributed by atoms with E-state index >= 15 is 0 Å². The van der Waals surface area contributed by atoms with Crippen molar-refractivity contribution in [2.24, 2.45) is 10.7 Å². The van der Waals surface area contributed by atoms with E-state index in [2.05, 4.69) is 24.2 Å². The Bertz CT molecular complexity index is 205. The third-order valence-electron chi connectivity index (χ3n) is 2.22. The number of aliphatic imine (C=N–C) groups is 1. The fourth-order valence-corrected chi connectivity index (χ4v) is 1.21. The molecule has 0 heterocycles. The van der Waals surface area contributed by atoms with Crippen molar-refractivity contribution in [2.75, 3.05) is 13.2 Å². The fourth-order valence-electron chi connectivity index (χ4n) is 1.21. The Balaban J connectivity index is 0.00000225. The highest BCUT2D eigenvalue weighted by atomic mass is 127. The van der Waals surface area contributed by atoms with Crippen LogP contribution in [0.25, 0.3) is 0 Å². The van der Waals surface area contributed by atoms with Crippen LogP contribution in [-0.2, 0) is 4.74 Å². The van der Waals surface area contributed by atoms with Gasteiger partial charge in [0.1, 0.15) is 0 Å². The van der Waals surface area contributed by atoms with E-state index in [4.69, 9.17) is 10.5 Å². The molecule has 1 rings (SSSR count). The number of rotatable bonds is 7. The van der Waals surface area contributed by atoms with Gasteiger partial charge in [0.25, 0.3) is 0 Å². The van der Waals surface area contributed by atoms with Crippen LogP contribution in [0.15, 0.2) is 4.99 Å². The van der Waals surface area contributed by atoms with E-state index < -0.39 is 0 Å². The third kappa shape index (κ3) is 9.21. The zero-order chi connectivity index (χ0) is 11.1. The van der Waals surface area contributed by atoms with Crippen molar-refractivity contribution in [1.29, 1.82) is 0 Å². The molecule has 1 saturated carbocycles. The zero-order valence-electron chi connectivity index (χ0n) is 10.2. The Hall–Kier alpha value is -0.0400. The van der Waals surface area contributed by atoms with Gasteiger partial charge >= 0.3 is 0 Å². The predicted molar refractivity (Wildman–Crippen MR) is 78.4 cm³/mol. The first kappa shape index (κ1) is 16.0. The number of nitrogens with one attached hydrogen (secondary N) is 1. The number of hydrogen-bond donors (Lipinski definition) is 2. The van der Waals surface area contributed by atoms with Crippen molar-refractivity contribution in [2.45, 2.75) is 51.7 Å². The molecule has 3 N–H and O–H groups in total. The van der Waals surface area contributed by atoms with E-state index in [-0.39, 0.29) is 24.0 Å². The Morgan fingerprint density at radius 1 is 1.44 bits per heavy atom. The summed E-state index contributed by atoms with van der Waals surface area (Å²) in [6, 6.07) is 0.595. The van der Waals surface area contributed by atoms with Crippen molar-refractivity contribution < 1.29 is 4.74 Å². The lowest BCUT2D eigenvalue weighted by Gasteiger charge is -2.06. The van der Waals surface area contributed by atoms with Gasteiger partial charge in [-0.3, -0.25) is 4.99 Å². The molecule has 96 valence electrons. The number of halogens is 1. The minimum absolute atomic E-state index is 0. The maximum atomic E-state index is 5.69. The molecule has 1 aliphatic carbocycles. The molecule has 0 aromatic carbocycles. The van der Waals surface area contributed by atoms with Crippen molar-refractivity contribution >= 4 is 29.9 Å². The summed E-state index contributed by atoms with van der Waals surface area (Å²) in [5.41, 5.74) is 5.69. The van der Waals surface area contributed by atoms with Gasteiger partial charge in [0.15, 0.2) is 5.96 Å². The summed E-state index contributed by atoms with van der Waals surface area (Å²) in [6.07, 6.45) is 4.89. The molecule has 0 spiro atoms. The highest BCUT2D eigenvalue weighted by Crippen LogP contribution is 2.17. The van der Waals surface area contributed by atoms with Gasteiger partial charge in [-0.05, 0) is 39.5 Å². The number of ether oxygens (including phenoxy) is 1. The Morgan fingerprint density at radius 3 is 2.69 bits per heavy atom. The van der Waals surface area contributed by atoms with Gasteiger partial charge in [-0.15, -0.1) is 24.0 Å². The van der Waals surface area contributed by atoms with E-state index in [0.717, 1.165) is 26.0 Å². The lowest BCUT2D eigenvalue weighted by atomic mass is 10.3. The molecule has 0 radical (unpaired) electrons. The molecule has 0 aromatic heterocycles. The molecular formula is C11H24IN3O. The number of unbranched alkanes of at least 4 members (excludes halogenated alkanes) is 1. The first-order valence-corrected chi connectivity index (χ1v) is 5.86. The number of nitrogens with two attached hydrogens (primary N) is 1. The van der Waals surface area contributed by atoms with Gasteiger partial charge in [0, 0.05) is 19.2 Å². The van der Waals surface area contributed by atoms with Gasteiger partial charge in [-0.25, -0.2) is 0 Å². The molecule has 4 nitrogen and oxygen atoms in total. The van der Waals surface area contributed by atoms with Crippen LogP contribution in [0.2, 0.25) is 0 Å². The summed E-state index contributed by atoms with van der Waals surface area (Å²) in [6.45, 7) is 5.72. The molecule has 0 aliphatic heterocycles. The van der Waals surface area contributed by atoms with Gasteiger partial charge in [0.2, 0.25) is 0 Å². The van der Waals surface area contributed by atoms with E-state index in [1.54, 1.807) is 0 Å². The maximum absolute atomic E-state index is 5.69. The fraction of sp³-hybridized carbons (Fsp3) is 0.909. The molecule has 0 amide bonds. The lowest BCUT2D eigenvalue weighted by molar-refractivity contribution is 0.0764. The van der Waals surface area contributed by atoms with Gasteiger partial charge in [-0.1, -0.05) is 0 Å². The van der Waals surface area contributed by atoms with E-state index in [1.165, 1.54) is 12.8 Å². The maximum Gasteiger partial charge on any atom is 0.188 e. The lowest BCUT2D eigenvalue weighted by Crippen LogP contribution is -2.33. The van der Waals surface area contributed by atoms with Crippen molar-refractivity contribution in [3.05, 3.63) is 0 Å². The van der Waals surface area contributed by atoms with Crippen molar-refractivity contribution in [3.8, 4) is 0 Å². The Kier molecular flexibility index (Phi) is 9.02. The van der Waals surface area contributed by atoms with E-state index in [1.807, 2.05) is 0 Å². The normalized spacial score (nSPS) is 16.1.